The van der Waals surface area contributed by atoms with E-state index in [-0.39, 0.29) is 16.6 Å². The average molecular weight is 500 g/mol. The van der Waals surface area contributed by atoms with Crippen molar-refractivity contribution in [2.45, 2.75) is 71.2 Å². The number of sulfonamides is 1. The van der Waals surface area contributed by atoms with Gasteiger partial charge in [-0.25, -0.2) is 18.0 Å². The van der Waals surface area contributed by atoms with Gasteiger partial charge in [-0.2, -0.15) is 4.72 Å². The van der Waals surface area contributed by atoms with Crippen LogP contribution in [0.4, 0.5) is 0 Å². The maximum atomic E-state index is 13.2. The first-order valence-corrected chi connectivity index (χ1v) is 13.4. The van der Waals surface area contributed by atoms with E-state index in [0.29, 0.717) is 17.6 Å². The summed E-state index contributed by atoms with van der Waals surface area (Å²) >= 11 is 0. The number of aryl methyl sites for hydroxylation is 3. The van der Waals surface area contributed by atoms with Crippen molar-refractivity contribution in [1.82, 2.24) is 4.72 Å². The van der Waals surface area contributed by atoms with E-state index in [1.54, 1.807) is 38.1 Å². The second-order valence-corrected chi connectivity index (χ2v) is 10.7. The van der Waals surface area contributed by atoms with Crippen molar-refractivity contribution < 1.29 is 22.4 Å². The fraction of sp³-hybridized carbons (Fsp3) is 0.407. The fourth-order valence-electron chi connectivity index (χ4n) is 3.85. The molecule has 35 heavy (non-hydrogen) atoms. The van der Waals surface area contributed by atoms with Crippen LogP contribution < -0.4 is 15.1 Å². The van der Waals surface area contributed by atoms with Gasteiger partial charge < -0.3 is 9.15 Å². The van der Waals surface area contributed by atoms with Gasteiger partial charge in [0.15, 0.2) is 0 Å². The molecule has 1 N–H and O–H groups in total. The molecule has 1 heterocycles. The minimum atomic E-state index is -3.94. The highest BCUT2D eigenvalue weighted by Crippen LogP contribution is 2.30. The van der Waals surface area contributed by atoms with Gasteiger partial charge in [0.1, 0.15) is 17.4 Å². The molecule has 0 spiro atoms. The van der Waals surface area contributed by atoms with Crippen LogP contribution in [0.2, 0.25) is 0 Å². The molecule has 0 radical (unpaired) electrons. The largest absolute Gasteiger partial charge is 0.425 e. The van der Waals surface area contributed by atoms with Crippen LogP contribution in [0.5, 0.6) is 5.75 Å². The molecule has 0 saturated heterocycles. The van der Waals surface area contributed by atoms with E-state index in [9.17, 15) is 18.0 Å². The van der Waals surface area contributed by atoms with Crippen LogP contribution in [0, 0.1) is 19.8 Å². The molecule has 0 unspecified atom stereocenters. The Hall–Kier alpha value is -2.97. The van der Waals surface area contributed by atoms with Gasteiger partial charge in [0.2, 0.25) is 10.0 Å². The summed E-state index contributed by atoms with van der Waals surface area (Å²) in [5, 5.41) is 0.800. The van der Waals surface area contributed by atoms with E-state index in [1.807, 2.05) is 13.8 Å². The minimum Gasteiger partial charge on any atom is -0.425 e. The van der Waals surface area contributed by atoms with E-state index < -0.39 is 27.7 Å². The van der Waals surface area contributed by atoms with Crippen LogP contribution in [-0.2, 0) is 21.2 Å². The monoisotopic (exact) mass is 499 g/mol. The Morgan fingerprint density at radius 2 is 1.77 bits per heavy atom. The van der Waals surface area contributed by atoms with Crippen LogP contribution in [-0.4, -0.2) is 20.4 Å². The molecule has 8 heteroatoms. The molecule has 3 aromatic rings. The van der Waals surface area contributed by atoms with Gasteiger partial charge in [0, 0.05) is 17.0 Å². The number of ether oxygens (including phenoxy) is 1. The van der Waals surface area contributed by atoms with Crippen molar-refractivity contribution in [3.63, 3.8) is 0 Å². The zero-order chi connectivity index (χ0) is 25.8. The van der Waals surface area contributed by atoms with Crippen LogP contribution >= 0.6 is 0 Å². The third kappa shape index (κ3) is 6.18. The van der Waals surface area contributed by atoms with Crippen molar-refractivity contribution in [2.75, 3.05) is 0 Å². The highest BCUT2D eigenvalue weighted by atomic mass is 32.2. The molecule has 0 saturated carbocycles. The Bertz CT molecular complexity index is 1360. The van der Waals surface area contributed by atoms with Crippen molar-refractivity contribution >= 4 is 27.0 Å². The Kier molecular flexibility index (Phi) is 8.51. The standard InChI is InChI=1S/C27H33NO6S/c1-6-8-9-20-16-24(29)34-26-19(5)23(15-14-22(20)26)33-27(30)25(18(4)7-2)28-35(31,32)21-12-10-17(3)11-13-21/h10-16,18,25,28H,6-9H2,1-5H3/t18-,25+/m0/s1. The van der Waals surface area contributed by atoms with Gasteiger partial charge in [-0.1, -0.05) is 51.3 Å². The number of unbranched alkanes of at least 4 members (excludes halogenated alkanes) is 1. The topological polar surface area (TPSA) is 103 Å². The maximum Gasteiger partial charge on any atom is 0.336 e. The van der Waals surface area contributed by atoms with E-state index in [0.717, 1.165) is 35.8 Å². The summed E-state index contributed by atoms with van der Waals surface area (Å²) in [5.41, 5.74) is 2.24. The second kappa shape index (κ2) is 11.2. The maximum absolute atomic E-state index is 13.2. The minimum absolute atomic E-state index is 0.0764. The molecule has 2 atom stereocenters. The molecule has 0 aliphatic rings. The molecule has 3 rings (SSSR count). The number of carbonyl (C=O) groups excluding carboxylic acids is 1. The zero-order valence-electron chi connectivity index (χ0n) is 20.9. The number of hydrogen-bond acceptors (Lipinski definition) is 6. The Balaban J connectivity index is 1.92. The smallest absolute Gasteiger partial charge is 0.336 e. The predicted molar refractivity (Wildman–Crippen MR) is 136 cm³/mol. The first-order valence-electron chi connectivity index (χ1n) is 11.9. The van der Waals surface area contributed by atoms with Crippen molar-refractivity contribution in [3.05, 3.63) is 69.6 Å². The Labute approximate surface area is 206 Å². The second-order valence-electron chi connectivity index (χ2n) is 8.98. The van der Waals surface area contributed by atoms with Gasteiger partial charge in [-0.05, 0) is 62.4 Å². The summed E-state index contributed by atoms with van der Waals surface area (Å²) in [7, 11) is -3.94. The number of fused-ring (bicyclic) bond motifs is 1. The number of nitrogens with one attached hydrogen (secondary N) is 1. The molecule has 1 aromatic heterocycles. The fourth-order valence-corrected chi connectivity index (χ4v) is 5.14. The van der Waals surface area contributed by atoms with E-state index in [4.69, 9.17) is 9.15 Å². The summed E-state index contributed by atoms with van der Waals surface area (Å²) in [5.74, 6) is -0.815. The van der Waals surface area contributed by atoms with E-state index in [2.05, 4.69) is 11.6 Å². The van der Waals surface area contributed by atoms with E-state index in [1.165, 1.54) is 18.2 Å². The van der Waals surface area contributed by atoms with Crippen LogP contribution in [0.15, 0.2) is 56.6 Å². The number of hydrogen-bond donors (Lipinski definition) is 1. The van der Waals surface area contributed by atoms with Gasteiger partial charge in [-0.3, -0.25) is 0 Å². The lowest BCUT2D eigenvalue weighted by Crippen LogP contribution is -2.47. The summed E-state index contributed by atoms with van der Waals surface area (Å²) in [6.07, 6.45) is 3.23. The predicted octanol–water partition coefficient (Wildman–Crippen LogP) is 5.05. The summed E-state index contributed by atoms with van der Waals surface area (Å²) in [6.45, 7) is 9.32. The first kappa shape index (κ1) is 26.6. The van der Waals surface area contributed by atoms with Crippen molar-refractivity contribution in [1.29, 1.82) is 0 Å². The van der Waals surface area contributed by atoms with Gasteiger partial charge in [0.05, 0.1) is 4.90 Å². The molecule has 7 nitrogen and oxygen atoms in total. The number of carbonyl (C=O) groups is 1. The SMILES string of the molecule is CCCCc1cc(=O)oc2c(C)c(OC(=O)[C@H](NS(=O)(=O)c3ccc(C)cc3)[C@@H](C)CC)ccc12. The quantitative estimate of drug-likeness (QED) is 0.238. The zero-order valence-corrected chi connectivity index (χ0v) is 21.7. The van der Waals surface area contributed by atoms with Crippen LogP contribution in [0.1, 0.15) is 56.7 Å². The lowest BCUT2D eigenvalue weighted by molar-refractivity contribution is -0.137. The van der Waals surface area contributed by atoms with Gasteiger partial charge >= 0.3 is 11.6 Å². The molecule has 0 fully saturated rings. The summed E-state index contributed by atoms with van der Waals surface area (Å²) in [4.78, 5) is 25.4. The molecule has 0 amide bonds. The Morgan fingerprint density at radius 3 is 2.40 bits per heavy atom. The van der Waals surface area contributed by atoms with E-state index >= 15 is 0 Å². The van der Waals surface area contributed by atoms with Gasteiger partial charge in [-0.15, -0.1) is 0 Å². The third-order valence-electron chi connectivity index (χ3n) is 6.29. The highest BCUT2D eigenvalue weighted by molar-refractivity contribution is 7.89. The molecule has 0 bridgehead atoms. The van der Waals surface area contributed by atoms with Crippen molar-refractivity contribution in [2.24, 2.45) is 5.92 Å². The normalized spacial score (nSPS) is 13.5. The summed E-state index contributed by atoms with van der Waals surface area (Å²) in [6, 6.07) is 10.2. The lowest BCUT2D eigenvalue weighted by Gasteiger charge is -2.23. The number of benzene rings is 2. The molecule has 2 aromatic carbocycles. The first-order chi connectivity index (χ1) is 16.6. The Morgan fingerprint density at radius 1 is 1.09 bits per heavy atom. The molecular weight excluding hydrogens is 466 g/mol. The van der Waals surface area contributed by atoms with Gasteiger partial charge in [0.25, 0.3) is 0 Å². The molecule has 0 aliphatic carbocycles. The average Bonchev–Trinajstić information content (AvgIpc) is 2.82. The lowest BCUT2D eigenvalue weighted by atomic mass is 10.00. The molecular formula is C27H33NO6S. The van der Waals surface area contributed by atoms with Crippen LogP contribution in [0.3, 0.4) is 0 Å². The van der Waals surface area contributed by atoms with Crippen molar-refractivity contribution in [3.8, 4) is 5.75 Å². The highest BCUT2D eigenvalue weighted by Gasteiger charge is 2.32. The number of rotatable bonds is 10. The number of esters is 1. The summed E-state index contributed by atoms with van der Waals surface area (Å²) < 4.78 is 39.6. The van der Waals surface area contributed by atoms with Crippen LogP contribution in [0.25, 0.3) is 11.0 Å². The third-order valence-corrected chi connectivity index (χ3v) is 7.74. The molecule has 188 valence electrons. The molecule has 0 aliphatic heterocycles.